The fraction of sp³-hybridized carbons (Fsp3) is 0.500. The summed E-state index contributed by atoms with van der Waals surface area (Å²) in [5.41, 5.74) is 2.56. The number of amides is 2. The second kappa shape index (κ2) is 8.17. The molecule has 1 saturated carbocycles. The highest BCUT2D eigenvalue weighted by Crippen LogP contribution is 2.27. The molecule has 0 spiro atoms. The molecule has 148 valence electrons. The van der Waals surface area contributed by atoms with Crippen LogP contribution in [0, 0.1) is 5.92 Å². The normalized spacial score (nSPS) is 17.9. The summed E-state index contributed by atoms with van der Waals surface area (Å²) in [6.45, 7) is 4.50. The summed E-state index contributed by atoms with van der Waals surface area (Å²) < 4.78 is 1.85. The monoisotopic (exact) mass is 380 g/mol. The van der Waals surface area contributed by atoms with Crippen LogP contribution in [0.4, 0.5) is 0 Å². The minimum Gasteiger partial charge on any atom is -0.339 e. The second-order valence-electron chi connectivity index (χ2n) is 7.70. The number of nitrogens with zero attached hydrogens (tertiary/aromatic N) is 4. The van der Waals surface area contributed by atoms with Crippen LogP contribution in [0.1, 0.15) is 48.7 Å². The number of piperazine rings is 1. The Morgan fingerprint density at radius 3 is 2.29 bits per heavy atom. The van der Waals surface area contributed by atoms with Gasteiger partial charge in [-0.15, -0.1) is 0 Å². The Morgan fingerprint density at radius 1 is 1.00 bits per heavy atom. The van der Waals surface area contributed by atoms with Gasteiger partial charge in [0.1, 0.15) is 0 Å². The summed E-state index contributed by atoms with van der Waals surface area (Å²) in [7, 11) is 0. The molecule has 2 aliphatic rings. The Labute approximate surface area is 166 Å². The van der Waals surface area contributed by atoms with Crippen LogP contribution >= 0.6 is 0 Å². The van der Waals surface area contributed by atoms with E-state index in [1.165, 1.54) is 12.8 Å². The van der Waals surface area contributed by atoms with Gasteiger partial charge in [0.15, 0.2) is 0 Å². The van der Waals surface area contributed by atoms with Crippen molar-refractivity contribution in [2.45, 2.75) is 39.0 Å². The van der Waals surface area contributed by atoms with E-state index in [2.05, 4.69) is 5.10 Å². The standard InChI is InChI=1S/C22H28N4O2/c1-2-20-19(16-23-26(20)18-10-4-3-5-11-18)22(28)25-14-12-24(13-15-25)21(27)17-8-6-7-9-17/h3-5,10-11,16-17H,2,6-9,12-15H2,1H3. The van der Waals surface area contributed by atoms with Crippen molar-refractivity contribution in [2.24, 2.45) is 5.92 Å². The second-order valence-corrected chi connectivity index (χ2v) is 7.70. The minimum atomic E-state index is 0.0204. The Balaban J connectivity index is 1.44. The highest BCUT2D eigenvalue weighted by molar-refractivity contribution is 5.95. The summed E-state index contributed by atoms with van der Waals surface area (Å²) in [6, 6.07) is 9.90. The van der Waals surface area contributed by atoms with E-state index in [0.717, 1.165) is 30.6 Å². The van der Waals surface area contributed by atoms with Crippen molar-refractivity contribution >= 4 is 11.8 Å². The predicted molar refractivity (Wildman–Crippen MR) is 107 cm³/mol. The lowest BCUT2D eigenvalue weighted by atomic mass is 10.1. The lowest BCUT2D eigenvalue weighted by molar-refractivity contribution is -0.136. The van der Waals surface area contributed by atoms with Crippen LogP contribution in [0.25, 0.3) is 5.69 Å². The van der Waals surface area contributed by atoms with Crippen LogP contribution in [0.3, 0.4) is 0 Å². The summed E-state index contributed by atoms with van der Waals surface area (Å²) in [4.78, 5) is 29.6. The van der Waals surface area contributed by atoms with Crippen molar-refractivity contribution in [3.63, 3.8) is 0 Å². The molecule has 0 bridgehead atoms. The van der Waals surface area contributed by atoms with Gasteiger partial charge in [-0.3, -0.25) is 9.59 Å². The first kappa shape index (κ1) is 18.7. The molecule has 2 fully saturated rings. The molecule has 2 aromatic rings. The van der Waals surface area contributed by atoms with Gasteiger partial charge < -0.3 is 9.80 Å². The van der Waals surface area contributed by atoms with Crippen molar-refractivity contribution in [1.29, 1.82) is 0 Å². The Hall–Kier alpha value is -2.63. The zero-order valence-electron chi connectivity index (χ0n) is 16.5. The van der Waals surface area contributed by atoms with Gasteiger partial charge in [-0.05, 0) is 31.4 Å². The molecule has 2 heterocycles. The third-order valence-corrected chi connectivity index (χ3v) is 6.02. The molecule has 1 aliphatic carbocycles. The number of benzene rings is 1. The summed E-state index contributed by atoms with van der Waals surface area (Å²) in [6.07, 6.45) is 6.80. The van der Waals surface area contributed by atoms with Gasteiger partial charge in [0.25, 0.3) is 5.91 Å². The molecule has 1 aromatic heterocycles. The Kier molecular flexibility index (Phi) is 5.46. The molecule has 2 amide bonds. The highest BCUT2D eigenvalue weighted by Gasteiger charge is 2.31. The predicted octanol–water partition coefficient (Wildman–Crippen LogP) is 2.91. The number of carbonyl (C=O) groups excluding carboxylic acids is 2. The van der Waals surface area contributed by atoms with Crippen LogP contribution in [0.2, 0.25) is 0 Å². The van der Waals surface area contributed by atoms with Gasteiger partial charge in [-0.2, -0.15) is 5.10 Å². The van der Waals surface area contributed by atoms with Gasteiger partial charge in [0.2, 0.25) is 5.91 Å². The first-order valence-electron chi connectivity index (χ1n) is 10.4. The number of hydrogen-bond acceptors (Lipinski definition) is 3. The van der Waals surface area contributed by atoms with Crippen molar-refractivity contribution in [3.05, 3.63) is 47.8 Å². The quantitative estimate of drug-likeness (QED) is 0.819. The summed E-state index contributed by atoms with van der Waals surface area (Å²) in [5, 5.41) is 4.47. The van der Waals surface area contributed by atoms with E-state index >= 15 is 0 Å². The zero-order valence-corrected chi connectivity index (χ0v) is 16.5. The van der Waals surface area contributed by atoms with Crippen LogP contribution in [0.5, 0.6) is 0 Å². The first-order valence-corrected chi connectivity index (χ1v) is 10.4. The van der Waals surface area contributed by atoms with Gasteiger partial charge in [0.05, 0.1) is 23.1 Å². The van der Waals surface area contributed by atoms with Crippen LogP contribution in [0.15, 0.2) is 36.5 Å². The average Bonchev–Trinajstić information content (AvgIpc) is 3.43. The van der Waals surface area contributed by atoms with E-state index in [4.69, 9.17) is 0 Å². The molecule has 1 aliphatic heterocycles. The molecule has 1 aromatic carbocycles. The maximum absolute atomic E-state index is 13.1. The van der Waals surface area contributed by atoms with Gasteiger partial charge in [0, 0.05) is 32.1 Å². The third-order valence-electron chi connectivity index (χ3n) is 6.02. The minimum absolute atomic E-state index is 0.0204. The van der Waals surface area contributed by atoms with E-state index in [-0.39, 0.29) is 17.7 Å². The molecule has 4 rings (SSSR count). The average molecular weight is 380 g/mol. The van der Waals surface area contributed by atoms with Crippen molar-refractivity contribution in [3.8, 4) is 5.69 Å². The van der Waals surface area contributed by atoms with E-state index in [1.54, 1.807) is 6.20 Å². The number of para-hydroxylation sites is 1. The largest absolute Gasteiger partial charge is 0.339 e. The van der Waals surface area contributed by atoms with Gasteiger partial charge in [-0.25, -0.2) is 4.68 Å². The van der Waals surface area contributed by atoms with Crippen molar-refractivity contribution in [1.82, 2.24) is 19.6 Å². The Bertz CT molecular complexity index is 831. The van der Waals surface area contributed by atoms with Gasteiger partial charge >= 0.3 is 0 Å². The molecular weight excluding hydrogens is 352 g/mol. The lowest BCUT2D eigenvalue weighted by Crippen LogP contribution is -2.51. The van der Waals surface area contributed by atoms with E-state index in [0.29, 0.717) is 31.7 Å². The van der Waals surface area contributed by atoms with Crippen LogP contribution < -0.4 is 0 Å². The zero-order chi connectivity index (χ0) is 19.5. The van der Waals surface area contributed by atoms with Crippen molar-refractivity contribution in [2.75, 3.05) is 26.2 Å². The number of aromatic nitrogens is 2. The van der Waals surface area contributed by atoms with E-state index in [9.17, 15) is 9.59 Å². The molecule has 0 radical (unpaired) electrons. The molecule has 0 unspecified atom stereocenters. The van der Waals surface area contributed by atoms with Crippen LogP contribution in [-0.4, -0.2) is 57.6 Å². The number of rotatable bonds is 4. The SMILES string of the molecule is CCc1c(C(=O)N2CCN(C(=O)C3CCCC3)CC2)cnn1-c1ccccc1. The van der Waals surface area contributed by atoms with Crippen LogP contribution in [-0.2, 0) is 11.2 Å². The molecule has 6 heteroatoms. The molecule has 0 atom stereocenters. The van der Waals surface area contributed by atoms with E-state index < -0.39 is 0 Å². The maximum atomic E-state index is 13.1. The fourth-order valence-corrected chi connectivity index (χ4v) is 4.42. The molecule has 0 N–H and O–H groups in total. The highest BCUT2D eigenvalue weighted by atomic mass is 16.2. The fourth-order valence-electron chi connectivity index (χ4n) is 4.42. The maximum Gasteiger partial charge on any atom is 0.257 e. The van der Waals surface area contributed by atoms with Gasteiger partial charge in [-0.1, -0.05) is 38.0 Å². The first-order chi connectivity index (χ1) is 13.7. The number of hydrogen-bond donors (Lipinski definition) is 0. The van der Waals surface area contributed by atoms with E-state index in [1.807, 2.05) is 51.7 Å². The summed E-state index contributed by atoms with van der Waals surface area (Å²) in [5.74, 6) is 0.515. The van der Waals surface area contributed by atoms with Crippen molar-refractivity contribution < 1.29 is 9.59 Å². The molecule has 28 heavy (non-hydrogen) atoms. The number of carbonyl (C=O) groups is 2. The molecule has 1 saturated heterocycles. The lowest BCUT2D eigenvalue weighted by Gasteiger charge is -2.36. The summed E-state index contributed by atoms with van der Waals surface area (Å²) >= 11 is 0. The third kappa shape index (κ3) is 3.55. The topological polar surface area (TPSA) is 58.4 Å². The molecular formula is C22H28N4O2. The smallest absolute Gasteiger partial charge is 0.257 e. The Morgan fingerprint density at radius 2 is 1.64 bits per heavy atom. The molecule has 6 nitrogen and oxygen atoms in total.